The Hall–Kier alpha value is -1.94. The Kier molecular flexibility index (Phi) is 7.97. The molecule has 0 spiro atoms. The molecule has 1 aliphatic heterocycles. The second-order valence-electron chi connectivity index (χ2n) is 7.35. The molecule has 1 fully saturated rings. The maximum atomic E-state index is 11.5. The van der Waals surface area contributed by atoms with E-state index < -0.39 is 21.8 Å². The zero-order valence-electron chi connectivity index (χ0n) is 17.1. The van der Waals surface area contributed by atoms with Gasteiger partial charge in [-0.3, -0.25) is 9.69 Å². The van der Waals surface area contributed by atoms with Crippen molar-refractivity contribution in [2.24, 2.45) is 5.73 Å². The number of aliphatic carboxylic acids is 1. The number of halogens is 2. The molecule has 0 saturated carbocycles. The molecule has 2 aromatic carbocycles. The Balaban J connectivity index is 0.000000269. The summed E-state index contributed by atoms with van der Waals surface area (Å²) in [5, 5.41) is 12.5. The summed E-state index contributed by atoms with van der Waals surface area (Å²) < 4.78 is 21.8. The van der Waals surface area contributed by atoms with Crippen LogP contribution in [0.2, 0.25) is 10.0 Å². The Labute approximate surface area is 201 Å². The lowest BCUT2D eigenvalue weighted by Crippen LogP contribution is -2.68. The van der Waals surface area contributed by atoms with Crippen LogP contribution >= 0.6 is 34.5 Å². The van der Waals surface area contributed by atoms with Gasteiger partial charge in [-0.05, 0) is 46.8 Å². The van der Waals surface area contributed by atoms with Crippen LogP contribution in [0.25, 0.3) is 0 Å². The normalized spacial score (nSPS) is 18.5. The van der Waals surface area contributed by atoms with Crippen LogP contribution < -0.4 is 5.73 Å². The molecule has 0 bridgehead atoms. The highest BCUT2D eigenvalue weighted by atomic mass is 35.5. The minimum Gasteiger partial charge on any atom is -0.480 e. The van der Waals surface area contributed by atoms with Crippen molar-refractivity contribution in [2.45, 2.75) is 22.3 Å². The Morgan fingerprint density at radius 3 is 1.88 bits per heavy atom. The number of rotatable bonds is 5. The van der Waals surface area contributed by atoms with Crippen LogP contribution in [0.15, 0.2) is 70.3 Å². The van der Waals surface area contributed by atoms with Gasteiger partial charge in [-0.15, -0.1) is 11.3 Å². The molecule has 2 atom stereocenters. The number of likely N-dealkylation sites (tertiary alicyclic amines) is 1. The standard InChI is InChI=1S/C17H16Cl2N2O2.C5H6O2S2/c18-12-5-1-10(2-6-12)15(11-3-7-13(19)8-4-11)21-9-14(20)16(21)17(22)23;1-9(6,7)5-3-2-4-8-5/h1-8,14-16H,9,20H2,(H,22,23);2-4H,1H3. The average Bonchev–Trinajstić information content (AvgIpc) is 3.25. The zero-order valence-corrected chi connectivity index (χ0v) is 20.2. The Morgan fingerprint density at radius 2 is 1.56 bits per heavy atom. The topological polar surface area (TPSA) is 101 Å². The number of carboxylic acids is 1. The molecule has 4 rings (SSSR count). The van der Waals surface area contributed by atoms with E-state index in [9.17, 15) is 18.3 Å². The van der Waals surface area contributed by atoms with E-state index in [4.69, 9.17) is 28.9 Å². The fourth-order valence-corrected chi connectivity index (χ4v) is 5.39. The lowest BCUT2D eigenvalue weighted by atomic mass is 9.88. The summed E-state index contributed by atoms with van der Waals surface area (Å²) in [5.74, 6) is -0.906. The van der Waals surface area contributed by atoms with E-state index in [0.717, 1.165) is 11.1 Å². The molecule has 170 valence electrons. The molecule has 0 aliphatic carbocycles. The second-order valence-corrected chi connectivity index (χ2v) is 11.4. The van der Waals surface area contributed by atoms with Crippen molar-refractivity contribution < 1.29 is 18.3 Å². The van der Waals surface area contributed by atoms with Crippen LogP contribution in [0.3, 0.4) is 0 Å². The van der Waals surface area contributed by atoms with Crippen LogP contribution in [-0.2, 0) is 14.6 Å². The number of carbonyl (C=O) groups is 1. The molecule has 2 heterocycles. The van der Waals surface area contributed by atoms with Gasteiger partial charge in [-0.2, -0.15) is 0 Å². The first kappa shape index (κ1) is 24.7. The molecule has 3 aromatic rings. The predicted octanol–water partition coefficient (Wildman–Crippen LogP) is 4.33. The van der Waals surface area contributed by atoms with Crippen LogP contribution in [0.4, 0.5) is 0 Å². The van der Waals surface area contributed by atoms with E-state index >= 15 is 0 Å². The van der Waals surface area contributed by atoms with Crippen molar-refractivity contribution in [1.82, 2.24) is 4.90 Å². The van der Waals surface area contributed by atoms with Gasteiger partial charge in [0, 0.05) is 28.9 Å². The van der Waals surface area contributed by atoms with E-state index in [2.05, 4.69) is 0 Å². The van der Waals surface area contributed by atoms with Crippen LogP contribution in [0, 0.1) is 0 Å². The number of hydrogen-bond acceptors (Lipinski definition) is 6. The molecule has 3 N–H and O–H groups in total. The van der Waals surface area contributed by atoms with E-state index in [0.29, 0.717) is 20.8 Å². The molecule has 0 radical (unpaired) electrons. The Bertz CT molecular complexity index is 1110. The van der Waals surface area contributed by atoms with Gasteiger partial charge in [-0.25, -0.2) is 8.42 Å². The number of nitrogens with two attached hydrogens (primary N) is 1. The summed E-state index contributed by atoms with van der Waals surface area (Å²) in [7, 11) is -2.94. The third-order valence-electron chi connectivity index (χ3n) is 5.00. The fourth-order valence-electron chi connectivity index (χ4n) is 3.50. The van der Waals surface area contributed by atoms with Gasteiger partial charge in [0.1, 0.15) is 10.3 Å². The molecule has 0 amide bonds. The smallest absolute Gasteiger partial charge is 0.322 e. The number of benzene rings is 2. The molecule has 1 saturated heterocycles. The molecule has 10 heteroatoms. The molecular formula is C22H22Cl2N2O4S2. The first-order valence-corrected chi connectivity index (χ1v) is 13.1. The SMILES string of the molecule is CS(=O)(=O)c1cccs1.NC1CN(C(c2ccc(Cl)cc2)c2ccc(Cl)cc2)C1C(=O)O. The molecule has 1 aromatic heterocycles. The number of thiophene rings is 1. The first-order chi connectivity index (χ1) is 15.1. The number of nitrogens with zero attached hydrogens (tertiary/aromatic N) is 1. The highest BCUT2D eigenvalue weighted by molar-refractivity contribution is 7.92. The van der Waals surface area contributed by atoms with Gasteiger partial charge < -0.3 is 10.8 Å². The fraction of sp³-hybridized carbons (Fsp3) is 0.227. The van der Waals surface area contributed by atoms with Gasteiger partial charge in [0.2, 0.25) is 0 Å². The average molecular weight is 513 g/mol. The van der Waals surface area contributed by atoms with E-state index in [-0.39, 0.29) is 12.1 Å². The lowest BCUT2D eigenvalue weighted by molar-refractivity contribution is -0.151. The lowest BCUT2D eigenvalue weighted by Gasteiger charge is -2.48. The van der Waals surface area contributed by atoms with E-state index in [1.807, 2.05) is 29.2 Å². The van der Waals surface area contributed by atoms with Crippen LogP contribution in [0.1, 0.15) is 17.2 Å². The summed E-state index contributed by atoms with van der Waals surface area (Å²) >= 11 is 13.2. The minimum absolute atomic E-state index is 0.203. The maximum absolute atomic E-state index is 11.5. The van der Waals surface area contributed by atoms with Crippen LogP contribution in [-0.4, -0.2) is 49.3 Å². The van der Waals surface area contributed by atoms with Gasteiger partial charge in [0.15, 0.2) is 9.84 Å². The highest BCUT2D eigenvalue weighted by Crippen LogP contribution is 2.36. The van der Waals surface area contributed by atoms with Gasteiger partial charge in [0.05, 0.1) is 6.04 Å². The summed E-state index contributed by atoms with van der Waals surface area (Å²) in [6, 6.07) is 16.9. The monoisotopic (exact) mass is 512 g/mol. The maximum Gasteiger partial charge on any atom is 0.322 e. The van der Waals surface area contributed by atoms with Crippen LogP contribution in [0.5, 0.6) is 0 Å². The molecule has 6 nitrogen and oxygen atoms in total. The van der Waals surface area contributed by atoms with Crippen molar-refractivity contribution >= 4 is 50.3 Å². The van der Waals surface area contributed by atoms with E-state index in [1.54, 1.807) is 41.8 Å². The number of carboxylic acid groups (broad SMARTS) is 1. The van der Waals surface area contributed by atoms with Crippen molar-refractivity contribution in [2.75, 3.05) is 12.8 Å². The molecule has 2 unspecified atom stereocenters. The summed E-state index contributed by atoms with van der Waals surface area (Å²) in [4.78, 5) is 13.4. The van der Waals surface area contributed by atoms with E-state index in [1.165, 1.54) is 17.6 Å². The zero-order chi connectivity index (χ0) is 23.5. The number of hydrogen-bond donors (Lipinski definition) is 2. The molecular weight excluding hydrogens is 491 g/mol. The van der Waals surface area contributed by atoms with Crippen molar-refractivity contribution in [3.63, 3.8) is 0 Å². The highest BCUT2D eigenvalue weighted by Gasteiger charge is 2.46. The largest absolute Gasteiger partial charge is 0.480 e. The minimum atomic E-state index is -2.94. The van der Waals surface area contributed by atoms with Crippen molar-refractivity contribution in [1.29, 1.82) is 0 Å². The summed E-state index contributed by atoms with van der Waals surface area (Å²) in [5.41, 5.74) is 7.83. The summed E-state index contributed by atoms with van der Waals surface area (Å²) in [6.45, 7) is 0.521. The summed E-state index contributed by atoms with van der Waals surface area (Å²) in [6.07, 6.45) is 1.21. The van der Waals surface area contributed by atoms with Gasteiger partial charge in [-0.1, -0.05) is 53.5 Å². The van der Waals surface area contributed by atoms with Gasteiger partial charge >= 0.3 is 5.97 Å². The number of sulfone groups is 1. The third kappa shape index (κ3) is 5.89. The quantitative estimate of drug-likeness (QED) is 0.527. The molecule has 32 heavy (non-hydrogen) atoms. The Morgan fingerprint density at radius 1 is 1.06 bits per heavy atom. The van der Waals surface area contributed by atoms with Crippen molar-refractivity contribution in [3.05, 3.63) is 87.2 Å². The van der Waals surface area contributed by atoms with Crippen molar-refractivity contribution in [3.8, 4) is 0 Å². The first-order valence-electron chi connectivity index (χ1n) is 9.56. The predicted molar refractivity (Wildman–Crippen MR) is 128 cm³/mol. The van der Waals surface area contributed by atoms with Gasteiger partial charge in [0.25, 0.3) is 0 Å². The molecule has 1 aliphatic rings. The second kappa shape index (κ2) is 10.3. The third-order valence-corrected chi connectivity index (χ3v) is 8.23.